The Bertz CT molecular complexity index is 395. The molecular formula is C13H23N3O2S. The van der Waals surface area contributed by atoms with E-state index < -0.39 is 0 Å². The SMILES string of the molecule is CCC(C)N(CCOC)C(=O)c1csc(CCN)n1. The molecule has 1 rings (SSSR count). The van der Waals surface area contributed by atoms with Gasteiger partial charge in [-0.05, 0) is 19.9 Å². The number of aromatic nitrogens is 1. The molecule has 0 fully saturated rings. The summed E-state index contributed by atoms with van der Waals surface area (Å²) >= 11 is 1.49. The van der Waals surface area contributed by atoms with E-state index in [4.69, 9.17) is 10.5 Å². The molecule has 1 aromatic heterocycles. The van der Waals surface area contributed by atoms with Crippen molar-refractivity contribution in [1.29, 1.82) is 0 Å². The maximum absolute atomic E-state index is 12.5. The third kappa shape index (κ3) is 4.56. The van der Waals surface area contributed by atoms with Crippen LogP contribution in [-0.2, 0) is 11.2 Å². The maximum atomic E-state index is 12.5. The molecule has 5 nitrogen and oxygen atoms in total. The lowest BCUT2D eigenvalue weighted by molar-refractivity contribution is 0.0608. The Kier molecular flexibility index (Phi) is 6.97. The average molecular weight is 285 g/mol. The molecule has 108 valence electrons. The van der Waals surface area contributed by atoms with E-state index >= 15 is 0 Å². The average Bonchev–Trinajstić information content (AvgIpc) is 2.87. The number of carbonyl (C=O) groups is 1. The first-order valence-corrected chi connectivity index (χ1v) is 7.46. The molecule has 1 amide bonds. The molecule has 0 saturated carbocycles. The van der Waals surface area contributed by atoms with Crippen molar-refractivity contribution in [2.75, 3.05) is 26.8 Å². The van der Waals surface area contributed by atoms with Gasteiger partial charge in [-0.25, -0.2) is 4.98 Å². The van der Waals surface area contributed by atoms with Crippen LogP contribution >= 0.6 is 11.3 Å². The summed E-state index contributed by atoms with van der Waals surface area (Å²) in [5, 5.41) is 2.73. The number of carbonyl (C=O) groups excluding carboxylic acids is 1. The molecule has 1 unspecified atom stereocenters. The van der Waals surface area contributed by atoms with Crippen LogP contribution < -0.4 is 5.73 Å². The molecule has 1 aromatic rings. The lowest BCUT2D eigenvalue weighted by Gasteiger charge is -2.27. The molecule has 0 aliphatic rings. The summed E-state index contributed by atoms with van der Waals surface area (Å²) in [4.78, 5) is 18.6. The van der Waals surface area contributed by atoms with Gasteiger partial charge in [0.15, 0.2) is 0 Å². The Balaban J connectivity index is 2.78. The third-order valence-corrected chi connectivity index (χ3v) is 3.96. The smallest absolute Gasteiger partial charge is 0.273 e. The summed E-state index contributed by atoms with van der Waals surface area (Å²) in [7, 11) is 1.64. The van der Waals surface area contributed by atoms with Crippen LogP contribution in [0.25, 0.3) is 0 Å². The molecule has 0 radical (unpaired) electrons. The molecule has 0 aliphatic heterocycles. The zero-order valence-electron chi connectivity index (χ0n) is 11.9. The van der Waals surface area contributed by atoms with Crippen LogP contribution in [0.1, 0.15) is 35.8 Å². The van der Waals surface area contributed by atoms with Gasteiger partial charge in [0.25, 0.3) is 5.91 Å². The second-order valence-corrected chi connectivity index (χ2v) is 5.36. The number of rotatable bonds is 8. The van der Waals surface area contributed by atoms with E-state index in [-0.39, 0.29) is 11.9 Å². The summed E-state index contributed by atoms with van der Waals surface area (Å²) in [6, 6.07) is 0.183. The predicted octanol–water partition coefficient (Wildman–Crippen LogP) is 1.53. The number of amides is 1. The monoisotopic (exact) mass is 285 g/mol. The van der Waals surface area contributed by atoms with E-state index in [1.807, 2.05) is 17.2 Å². The van der Waals surface area contributed by atoms with Gasteiger partial charge >= 0.3 is 0 Å². The summed E-state index contributed by atoms with van der Waals surface area (Å²) in [5.41, 5.74) is 6.01. The van der Waals surface area contributed by atoms with Gasteiger partial charge in [0.2, 0.25) is 0 Å². The molecule has 0 spiro atoms. The predicted molar refractivity (Wildman–Crippen MR) is 77.5 cm³/mol. The second-order valence-electron chi connectivity index (χ2n) is 4.41. The van der Waals surface area contributed by atoms with E-state index in [0.717, 1.165) is 17.8 Å². The number of nitrogens with two attached hydrogens (primary N) is 1. The number of nitrogens with zero attached hydrogens (tertiary/aromatic N) is 2. The molecule has 6 heteroatoms. The normalized spacial score (nSPS) is 12.4. The zero-order chi connectivity index (χ0) is 14.3. The van der Waals surface area contributed by atoms with Gasteiger partial charge in [-0.2, -0.15) is 0 Å². The van der Waals surface area contributed by atoms with Crippen molar-refractivity contribution in [3.05, 3.63) is 16.1 Å². The van der Waals surface area contributed by atoms with Crippen LogP contribution in [0.15, 0.2) is 5.38 Å². The molecule has 0 aromatic carbocycles. The third-order valence-electron chi connectivity index (χ3n) is 3.05. The molecule has 0 aliphatic carbocycles. The molecule has 0 bridgehead atoms. The fourth-order valence-corrected chi connectivity index (χ4v) is 2.51. The number of methoxy groups -OCH3 is 1. The van der Waals surface area contributed by atoms with Gasteiger partial charge < -0.3 is 15.4 Å². The highest BCUT2D eigenvalue weighted by molar-refractivity contribution is 7.09. The first-order valence-electron chi connectivity index (χ1n) is 6.58. The number of ether oxygens (including phenoxy) is 1. The molecule has 0 saturated heterocycles. The van der Waals surface area contributed by atoms with Crippen LogP contribution in [0.5, 0.6) is 0 Å². The van der Waals surface area contributed by atoms with Gasteiger partial charge in [0.1, 0.15) is 5.69 Å². The van der Waals surface area contributed by atoms with Crippen LogP contribution in [0.3, 0.4) is 0 Å². The van der Waals surface area contributed by atoms with Gasteiger partial charge in [-0.15, -0.1) is 11.3 Å². The van der Waals surface area contributed by atoms with Crippen molar-refractivity contribution >= 4 is 17.2 Å². The first kappa shape index (κ1) is 16.1. The van der Waals surface area contributed by atoms with Gasteiger partial charge in [-0.1, -0.05) is 6.92 Å². The lowest BCUT2D eigenvalue weighted by Crippen LogP contribution is -2.40. The molecule has 1 heterocycles. The van der Waals surface area contributed by atoms with E-state index in [0.29, 0.717) is 25.4 Å². The molecule has 19 heavy (non-hydrogen) atoms. The van der Waals surface area contributed by atoms with Crippen molar-refractivity contribution in [2.45, 2.75) is 32.7 Å². The summed E-state index contributed by atoms with van der Waals surface area (Å²) in [6.07, 6.45) is 1.63. The van der Waals surface area contributed by atoms with Gasteiger partial charge in [-0.3, -0.25) is 4.79 Å². The Morgan fingerprint density at radius 3 is 2.95 bits per heavy atom. The number of hydrogen-bond acceptors (Lipinski definition) is 5. The van der Waals surface area contributed by atoms with E-state index in [2.05, 4.69) is 11.9 Å². The topological polar surface area (TPSA) is 68.5 Å². The minimum atomic E-state index is -0.0223. The highest BCUT2D eigenvalue weighted by Gasteiger charge is 2.22. The summed E-state index contributed by atoms with van der Waals surface area (Å²) < 4.78 is 5.07. The van der Waals surface area contributed by atoms with Crippen molar-refractivity contribution < 1.29 is 9.53 Å². The molecule has 2 N–H and O–H groups in total. The van der Waals surface area contributed by atoms with Gasteiger partial charge in [0.05, 0.1) is 11.6 Å². The number of thiazole rings is 1. The largest absolute Gasteiger partial charge is 0.383 e. The lowest BCUT2D eigenvalue weighted by atomic mass is 10.2. The fourth-order valence-electron chi connectivity index (χ4n) is 1.73. The standard InChI is InChI=1S/C13H23N3O2S/c1-4-10(2)16(7-8-18-3)13(17)11-9-19-12(15-11)5-6-14/h9-10H,4-8,14H2,1-3H3. The Morgan fingerprint density at radius 2 is 2.37 bits per heavy atom. The molecule has 1 atom stereocenters. The minimum absolute atomic E-state index is 0.0223. The van der Waals surface area contributed by atoms with Crippen LogP contribution in [0, 0.1) is 0 Å². The first-order chi connectivity index (χ1) is 9.13. The molecular weight excluding hydrogens is 262 g/mol. The Hall–Kier alpha value is -0.980. The quantitative estimate of drug-likeness (QED) is 0.786. The Morgan fingerprint density at radius 1 is 1.63 bits per heavy atom. The highest BCUT2D eigenvalue weighted by atomic mass is 32.1. The second kappa shape index (κ2) is 8.24. The highest BCUT2D eigenvalue weighted by Crippen LogP contribution is 2.14. The van der Waals surface area contributed by atoms with Crippen LogP contribution in [0.4, 0.5) is 0 Å². The maximum Gasteiger partial charge on any atom is 0.273 e. The van der Waals surface area contributed by atoms with Crippen LogP contribution in [0.2, 0.25) is 0 Å². The van der Waals surface area contributed by atoms with E-state index in [1.165, 1.54) is 11.3 Å². The number of hydrogen-bond donors (Lipinski definition) is 1. The van der Waals surface area contributed by atoms with Gasteiger partial charge in [0, 0.05) is 31.5 Å². The van der Waals surface area contributed by atoms with E-state index in [1.54, 1.807) is 7.11 Å². The Labute approximate surface area is 118 Å². The zero-order valence-corrected chi connectivity index (χ0v) is 12.7. The summed E-state index contributed by atoms with van der Waals surface area (Å²) in [5.74, 6) is -0.0223. The van der Waals surface area contributed by atoms with Crippen molar-refractivity contribution in [3.63, 3.8) is 0 Å². The minimum Gasteiger partial charge on any atom is -0.383 e. The van der Waals surface area contributed by atoms with Crippen LogP contribution in [-0.4, -0.2) is 48.6 Å². The van der Waals surface area contributed by atoms with Crippen molar-refractivity contribution in [2.24, 2.45) is 5.73 Å². The summed E-state index contributed by atoms with van der Waals surface area (Å²) in [6.45, 7) is 5.79. The van der Waals surface area contributed by atoms with Crippen molar-refractivity contribution in [1.82, 2.24) is 9.88 Å². The fraction of sp³-hybridized carbons (Fsp3) is 0.692. The van der Waals surface area contributed by atoms with Crippen molar-refractivity contribution in [3.8, 4) is 0 Å². The van der Waals surface area contributed by atoms with E-state index in [9.17, 15) is 4.79 Å².